The van der Waals surface area contributed by atoms with Crippen LogP contribution in [0.25, 0.3) is 0 Å². The van der Waals surface area contributed by atoms with E-state index in [9.17, 15) is 9.18 Å². The number of nitrogens with one attached hydrogen (secondary N) is 1. The number of nitrogens with zero attached hydrogens (tertiary/aromatic N) is 4. The fraction of sp³-hybridized carbons (Fsp3) is 0.400. The number of halogens is 1. The maximum Gasteiger partial charge on any atom is 0.281 e. The van der Waals surface area contributed by atoms with Crippen LogP contribution in [-0.4, -0.2) is 56.7 Å². The number of benzene rings is 2. The molecule has 0 saturated carbocycles. The van der Waals surface area contributed by atoms with E-state index >= 15 is 0 Å². The van der Waals surface area contributed by atoms with Crippen LogP contribution >= 0.6 is 0 Å². The number of rotatable bonds is 7. The summed E-state index contributed by atoms with van der Waals surface area (Å²) < 4.78 is 26.2. The number of carbonyl (C=O) groups excluding carboxylic acids is 1. The molecule has 10 heteroatoms. The fourth-order valence-corrected chi connectivity index (χ4v) is 3.76. The third-order valence-electron chi connectivity index (χ3n) is 5.44. The predicted octanol–water partition coefficient (Wildman–Crippen LogP) is 4.24. The van der Waals surface area contributed by atoms with E-state index in [4.69, 9.17) is 15.2 Å². The molecule has 0 spiro atoms. The molecule has 1 aromatic heterocycles. The van der Waals surface area contributed by atoms with Crippen molar-refractivity contribution < 1.29 is 18.7 Å². The maximum absolute atomic E-state index is 13.4. The molecule has 1 aliphatic heterocycles. The van der Waals surface area contributed by atoms with Crippen LogP contribution in [0.3, 0.4) is 0 Å². The lowest BCUT2D eigenvalue weighted by molar-refractivity contribution is 0.0542. The smallest absolute Gasteiger partial charge is 0.281 e. The summed E-state index contributed by atoms with van der Waals surface area (Å²) in [5.41, 5.74) is 6.71. The van der Waals surface area contributed by atoms with Crippen molar-refractivity contribution in [2.75, 3.05) is 24.1 Å². The Morgan fingerprint density at radius 3 is 2.40 bits per heavy atom. The van der Waals surface area contributed by atoms with Crippen molar-refractivity contribution in [2.45, 2.75) is 52.1 Å². The number of carbonyl (C=O) groups is 1. The molecular formula is C25H31FN6O3. The Morgan fingerprint density at radius 2 is 1.80 bits per heavy atom. The van der Waals surface area contributed by atoms with Crippen LogP contribution in [0.1, 0.15) is 44.5 Å². The van der Waals surface area contributed by atoms with E-state index in [0.29, 0.717) is 42.3 Å². The first-order chi connectivity index (χ1) is 16.6. The highest BCUT2D eigenvalue weighted by Crippen LogP contribution is 2.23. The molecule has 1 saturated heterocycles. The van der Waals surface area contributed by atoms with Crippen LogP contribution in [0.5, 0.6) is 11.5 Å². The zero-order chi connectivity index (χ0) is 25.2. The van der Waals surface area contributed by atoms with Gasteiger partial charge in [-0.3, -0.25) is 9.69 Å². The van der Waals surface area contributed by atoms with Crippen molar-refractivity contribution in [3.63, 3.8) is 0 Å². The van der Waals surface area contributed by atoms with Crippen LogP contribution in [0, 0.1) is 0 Å². The van der Waals surface area contributed by atoms with E-state index < -0.39 is 12.1 Å². The number of likely N-dealkylation sites (tertiary alicyclic amines) is 1. The number of nitrogen functional groups attached to an aromatic ring is 1. The molecule has 0 radical (unpaired) electrons. The van der Waals surface area contributed by atoms with E-state index in [1.807, 2.05) is 32.6 Å². The van der Waals surface area contributed by atoms with Gasteiger partial charge in [0, 0.05) is 24.3 Å². The Bertz CT molecular complexity index is 1160. The molecule has 1 fully saturated rings. The Morgan fingerprint density at radius 1 is 1.14 bits per heavy atom. The molecule has 0 amide bonds. The zero-order valence-electron chi connectivity index (χ0n) is 20.4. The topological polar surface area (TPSA) is 108 Å². The number of ether oxygens (including phenoxy) is 2. The van der Waals surface area contributed by atoms with Gasteiger partial charge in [-0.2, -0.15) is 9.67 Å². The van der Waals surface area contributed by atoms with Gasteiger partial charge in [0.05, 0.1) is 0 Å². The van der Waals surface area contributed by atoms with Gasteiger partial charge in [-0.25, -0.2) is 4.39 Å². The normalized spacial score (nSPS) is 17.2. The largest absolute Gasteiger partial charge is 0.488 e. The highest BCUT2D eigenvalue weighted by molar-refractivity contribution is 5.97. The first-order valence-corrected chi connectivity index (χ1v) is 11.6. The molecule has 0 aliphatic carbocycles. The Hall–Kier alpha value is -3.66. The molecule has 3 aromatic rings. The third kappa shape index (κ3) is 6.27. The van der Waals surface area contributed by atoms with Gasteiger partial charge < -0.3 is 20.5 Å². The van der Waals surface area contributed by atoms with Crippen LogP contribution in [0.4, 0.5) is 22.0 Å². The minimum atomic E-state index is -0.791. The molecule has 186 valence electrons. The summed E-state index contributed by atoms with van der Waals surface area (Å²) >= 11 is 0. The van der Waals surface area contributed by atoms with Crippen LogP contribution in [0.15, 0.2) is 48.5 Å². The van der Waals surface area contributed by atoms with Crippen molar-refractivity contribution >= 4 is 23.5 Å². The molecule has 1 aliphatic rings. The Kier molecular flexibility index (Phi) is 6.93. The second kappa shape index (κ2) is 9.91. The second-order valence-electron chi connectivity index (χ2n) is 9.50. The highest BCUT2D eigenvalue weighted by Gasteiger charge is 2.26. The van der Waals surface area contributed by atoms with Crippen molar-refractivity contribution in [2.24, 2.45) is 0 Å². The van der Waals surface area contributed by atoms with Crippen LogP contribution in [-0.2, 0) is 0 Å². The molecule has 9 nitrogen and oxygen atoms in total. The summed E-state index contributed by atoms with van der Waals surface area (Å²) in [5.74, 6) is 1.09. The summed E-state index contributed by atoms with van der Waals surface area (Å²) in [4.78, 5) is 19.0. The number of hydrogen-bond acceptors (Lipinski definition) is 8. The van der Waals surface area contributed by atoms with Crippen LogP contribution < -0.4 is 20.5 Å². The third-order valence-corrected chi connectivity index (χ3v) is 5.44. The zero-order valence-corrected chi connectivity index (χ0v) is 20.4. The number of aromatic nitrogens is 3. The Labute approximate surface area is 204 Å². The number of nitrogens with two attached hydrogens (primary N) is 1. The fourth-order valence-electron chi connectivity index (χ4n) is 3.76. The Balaban J connectivity index is 1.38. The lowest BCUT2D eigenvalue weighted by Crippen LogP contribution is -2.35. The van der Waals surface area contributed by atoms with Crippen molar-refractivity contribution in [1.82, 2.24) is 19.7 Å². The lowest BCUT2D eigenvalue weighted by Gasteiger charge is -2.24. The first kappa shape index (κ1) is 24.5. The van der Waals surface area contributed by atoms with Gasteiger partial charge in [-0.15, -0.1) is 5.10 Å². The molecular weight excluding hydrogens is 451 g/mol. The standard InChI is InChI=1S/C25H31FN6O3/c1-16(31-14-13-18(26)15-31)34-20-11-7-19(8-12-20)28-24-29-23(27)32(30-24)22(33)17-5-9-21(10-6-17)35-25(2,3)4/h5-12,16,18H,13-15H2,1-4H3,(H3,27,28,29,30)/t16?,18-/m0/s1. The molecule has 2 aromatic carbocycles. The molecule has 35 heavy (non-hydrogen) atoms. The maximum atomic E-state index is 13.4. The molecule has 1 unspecified atom stereocenters. The molecule has 2 atom stereocenters. The predicted molar refractivity (Wildman–Crippen MR) is 132 cm³/mol. The van der Waals surface area contributed by atoms with E-state index in [1.165, 1.54) is 0 Å². The van der Waals surface area contributed by atoms with E-state index in [2.05, 4.69) is 15.4 Å². The van der Waals surface area contributed by atoms with E-state index in [0.717, 1.165) is 4.68 Å². The van der Waals surface area contributed by atoms with Gasteiger partial charge in [-0.05, 0) is 82.6 Å². The molecule has 3 N–H and O–H groups in total. The van der Waals surface area contributed by atoms with Crippen molar-refractivity contribution in [1.29, 1.82) is 0 Å². The van der Waals surface area contributed by atoms with Gasteiger partial charge in [0.15, 0.2) is 0 Å². The summed E-state index contributed by atoms with van der Waals surface area (Å²) in [6.45, 7) is 8.85. The monoisotopic (exact) mass is 482 g/mol. The summed E-state index contributed by atoms with van der Waals surface area (Å²) in [6.07, 6.45) is -0.466. The van der Waals surface area contributed by atoms with Gasteiger partial charge >= 0.3 is 0 Å². The molecule has 0 bridgehead atoms. The van der Waals surface area contributed by atoms with Gasteiger partial charge in [0.1, 0.15) is 29.5 Å². The number of anilines is 3. The van der Waals surface area contributed by atoms with Crippen molar-refractivity contribution in [3.05, 3.63) is 54.1 Å². The molecule has 2 heterocycles. The van der Waals surface area contributed by atoms with Gasteiger partial charge in [0.25, 0.3) is 5.91 Å². The van der Waals surface area contributed by atoms with E-state index in [1.54, 1.807) is 48.5 Å². The summed E-state index contributed by atoms with van der Waals surface area (Å²) in [7, 11) is 0. The highest BCUT2D eigenvalue weighted by atomic mass is 19.1. The van der Waals surface area contributed by atoms with Crippen LogP contribution in [0.2, 0.25) is 0 Å². The second-order valence-corrected chi connectivity index (χ2v) is 9.50. The quantitative estimate of drug-likeness (QED) is 0.515. The minimum Gasteiger partial charge on any atom is -0.488 e. The number of hydrogen-bond donors (Lipinski definition) is 2. The van der Waals surface area contributed by atoms with Gasteiger partial charge in [-0.1, -0.05) is 0 Å². The average Bonchev–Trinajstić information content (AvgIpc) is 3.39. The minimum absolute atomic E-state index is 0.0296. The number of alkyl halides is 1. The van der Waals surface area contributed by atoms with Gasteiger partial charge in [0.2, 0.25) is 11.9 Å². The SMILES string of the molecule is CC(Oc1ccc(Nc2nc(N)n(C(=O)c3ccc(OC(C)(C)C)cc3)n2)cc1)N1CC[C@H](F)C1. The summed E-state index contributed by atoms with van der Waals surface area (Å²) in [5, 5.41) is 7.25. The molecule has 4 rings (SSSR count). The van der Waals surface area contributed by atoms with E-state index in [-0.39, 0.29) is 23.7 Å². The van der Waals surface area contributed by atoms with Crippen molar-refractivity contribution in [3.8, 4) is 11.5 Å². The lowest BCUT2D eigenvalue weighted by atomic mass is 10.1. The summed E-state index contributed by atoms with van der Waals surface area (Å²) in [6, 6.07) is 14.0. The first-order valence-electron chi connectivity index (χ1n) is 11.6. The average molecular weight is 483 g/mol.